The highest BCUT2D eigenvalue weighted by Crippen LogP contribution is 2.31. The van der Waals surface area contributed by atoms with Crippen molar-refractivity contribution in [2.45, 2.75) is 32.9 Å². The second-order valence-electron chi connectivity index (χ2n) is 4.95. The minimum atomic E-state index is -0.643. The zero-order valence-electron chi connectivity index (χ0n) is 12.0. The van der Waals surface area contributed by atoms with Crippen molar-refractivity contribution in [1.82, 2.24) is 20.8 Å². The highest BCUT2D eigenvalue weighted by Gasteiger charge is 2.21. The number of rotatable bonds is 4. The van der Waals surface area contributed by atoms with Gasteiger partial charge in [-0.05, 0) is 26.8 Å². The maximum atomic E-state index is 12.2. The van der Waals surface area contributed by atoms with Crippen LogP contribution in [-0.4, -0.2) is 34.1 Å². The van der Waals surface area contributed by atoms with Gasteiger partial charge in [0.05, 0.1) is 11.9 Å². The van der Waals surface area contributed by atoms with Crippen molar-refractivity contribution in [2.75, 3.05) is 5.73 Å². The van der Waals surface area contributed by atoms with Crippen molar-refractivity contribution >= 4 is 39.1 Å². The number of nitrogens with zero attached hydrogens (tertiary/aromatic N) is 2. The summed E-state index contributed by atoms with van der Waals surface area (Å²) in [5.41, 5.74) is 6.31. The zero-order chi connectivity index (χ0) is 15.6. The fourth-order valence-electron chi connectivity index (χ4n) is 1.78. The molecule has 4 N–H and O–H groups in total. The molecule has 0 fully saturated rings. The van der Waals surface area contributed by atoms with E-state index in [1.807, 2.05) is 13.8 Å². The number of nitrogen functional groups attached to an aromatic ring is 1. The number of nitrogens with one attached hydrogen (secondary N) is 2. The number of hydrogen-bond acceptors (Lipinski definition) is 6. The molecule has 0 aromatic carbocycles. The van der Waals surface area contributed by atoms with E-state index >= 15 is 0 Å². The largest absolute Gasteiger partial charge is 0.397 e. The van der Waals surface area contributed by atoms with E-state index in [9.17, 15) is 9.59 Å². The third-order valence-electron chi connectivity index (χ3n) is 2.80. The molecule has 0 bridgehead atoms. The van der Waals surface area contributed by atoms with Crippen LogP contribution in [0.3, 0.4) is 0 Å². The standard InChI is InChI=1S/C13H17N5O2S/c1-6(2)16-11(19)7(3)17-12(20)10-9(14)8-4-5-15-18-13(8)21-10/h4-7H,14H2,1-3H3,(H,16,19)(H,17,20). The molecule has 0 aliphatic rings. The van der Waals surface area contributed by atoms with Gasteiger partial charge >= 0.3 is 0 Å². The quantitative estimate of drug-likeness (QED) is 0.778. The maximum absolute atomic E-state index is 12.2. The monoisotopic (exact) mass is 307 g/mol. The average molecular weight is 307 g/mol. The van der Waals surface area contributed by atoms with E-state index in [0.717, 1.165) is 11.3 Å². The summed E-state index contributed by atoms with van der Waals surface area (Å²) in [7, 11) is 0. The Labute approximate surface area is 125 Å². The van der Waals surface area contributed by atoms with Crippen LogP contribution in [0.15, 0.2) is 12.3 Å². The Morgan fingerprint density at radius 1 is 1.29 bits per heavy atom. The smallest absolute Gasteiger partial charge is 0.264 e. The second kappa shape index (κ2) is 6.04. The first-order chi connectivity index (χ1) is 9.90. The lowest BCUT2D eigenvalue weighted by Gasteiger charge is -2.15. The van der Waals surface area contributed by atoms with Crippen molar-refractivity contribution in [1.29, 1.82) is 0 Å². The number of anilines is 1. The molecule has 0 spiro atoms. The lowest BCUT2D eigenvalue weighted by molar-refractivity contribution is -0.123. The fraction of sp³-hybridized carbons (Fsp3) is 0.385. The molecule has 2 rings (SSSR count). The van der Waals surface area contributed by atoms with Crippen molar-refractivity contribution in [2.24, 2.45) is 0 Å². The van der Waals surface area contributed by atoms with E-state index in [1.54, 1.807) is 13.0 Å². The van der Waals surface area contributed by atoms with Gasteiger partial charge in [-0.2, -0.15) is 5.10 Å². The van der Waals surface area contributed by atoms with E-state index in [1.165, 1.54) is 6.20 Å². The predicted octanol–water partition coefficient (Wildman–Crippen LogP) is 0.916. The number of thiophene rings is 1. The molecular weight excluding hydrogens is 290 g/mol. The molecule has 0 saturated carbocycles. The van der Waals surface area contributed by atoms with Crippen molar-refractivity contribution in [3.8, 4) is 0 Å². The molecule has 0 radical (unpaired) electrons. The summed E-state index contributed by atoms with van der Waals surface area (Å²) in [5, 5.41) is 13.8. The summed E-state index contributed by atoms with van der Waals surface area (Å²) in [4.78, 5) is 25.0. The Kier molecular flexibility index (Phi) is 4.37. The molecule has 2 aromatic rings. The Hall–Kier alpha value is -2.22. The van der Waals surface area contributed by atoms with Crippen LogP contribution in [0, 0.1) is 0 Å². The summed E-state index contributed by atoms with van der Waals surface area (Å²) in [5.74, 6) is -0.625. The molecule has 8 heteroatoms. The van der Waals surface area contributed by atoms with Crippen LogP contribution >= 0.6 is 11.3 Å². The van der Waals surface area contributed by atoms with E-state index in [0.29, 0.717) is 20.8 Å². The molecule has 1 atom stereocenters. The third-order valence-corrected chi connectivity index (χ3v) is 3.90. The van der Waals surface area contributed by atoms with Crippen LogP contribution < -0.4 is 16.4 Å². The van der Waals surface area contributed by atoms with Crippen molar-refractivity contribution in [3.05, 3.63) is 17.1 Å². The van der Waals surface area contributed by atoms with Crippen molar-refractivity contribution < 1.29 is 9.59 Å². The number of fused-ring (bicyclic) bond motifs is 1. The minimum absolute atomic E-state index is 0.0153. The summed E-state index contributed by atoms with van der Waals surface area (Å²) >= 11 is 1.16. The van der Waals surface area contributed by atoms with Gasteiger partial charge in [-0.3, -0.25) is 9.59 Å². The molecule has 0 saturated heterocycles. The van der Waals surface area contributed by atoms with Crippen LogP contribution in [-0.2, 0) is 4.79 Å². The van der Waals surface area contributed by atoms with Crippen LogP contribution in [0.1, 0.15) is 30.4 Å². The van der Waals surface area contributed by atoms with Gasteiger partial charge in [-0.15, -0.1) is 16.4 Å². The summed E-state index contributed by atoms with van der Waals surface area (Å²) in [6.45, 7) is 5.34. The number of carbonyl (C=O) groups excluding carboxylic acids is 2. The number of carbonyl (C=O) groups is 2. The number of nitrogens with two attached hydrogens (primary N) is 1. The summed E-state index contributed by atoms with van der Waals surface area (Å²) < 4.78 is 0. The molecule has 112 valence electrons. The molecule has 2 amide bonds. The van der Waals surface area contributed by atoms with Crippen LogP contribution in [0.5, 0.6) is 0 Å². The maximum Gasteiger partial charge on any atom is 0.264 e. The van der Waals surface area contributed by atoms with Gasteiger partial charge in [0.1, 0.15) is 15.7 Å². The molecule has 21 heavy (non-hydrogen) atoms. The highest BCUT2D eigenvalue weighted by atomic mass is 32.1. The number of hydrogen-bond donors (Lipinski definition) is 3. The Balaban J connectivity index is 2.15. The van der Waals surface area contributed by atoms with E-state index < -0.39 is 6.04 Å². The molecule has 7 nitrogen and oxygen atoms in total. The second-order valence-corrected chi connectivity index (χ2v) is 5.95. The van der Waals surface area contributed by atoms with Crippen LogP contribution in [0.4, 0.5) is 5.69 Å². The average Bonchev–Trinajstić information content (AvgIpc) is 2.76. The summed E-state index contributed by atoms with van der Waals surface area (Å²) in [6, 6.07) is 1.08. The lowest BCUT2D eigenvalue weighted by Crippen LogP contribution is -2.46. The Bertz CT molecular complexity index is 682. The van der Waals surface area contributed by atoms with E-state index in [-0.39, 0.29) is 17.9 Å². The van der Waals surface area contributed by atoms with Crippen LogP contribution in [0.25, 0.3) is 10.2 Å². The molecule has 2 aromatic heterocycles. The van der Waals surface area contributed by atoms with Crippen LogP contribution in [0.2, 0.25) is 0 Å². The molecular formula is C13H17N5O2S. The lowest BCUT2D eigenvalue weighted by atomic mass is 10.2. The SMILES string of the molecule is CC(C)NC(=O)C(C)NC(=O)c1sc2nnccc2c1N. The van der Waals surface area contributed by atoms with Gasteiger partial charge in [-0.1, -0.05) is 0 Å². The number of aromatic nitrogens is 2. The molecule has 2 heterocycles. The Morgan fingerprint density at radius 3 is 2.62 bits per heavy atom. The van der Waals surface area contributed by atoms with Gasteiger partial charge in [0.2, 0.25) is 5.91 Å². The zero-order valence-corrected chi connectivity index (χ0v) is 12.8. The number of amides is 2. The molecule has 0 aliphatic heterocycles. The molecule has 0 aliphatic carbocycles. The first-order valence-electron chi connectivity index (χ1n) is 6.51. The van der Waals surface area contributed by atoms with Gasteiger partial charge in [0.15, 0.2) is 0 Å². The minimum Gasteiger partial charge on any atom is -0.397 e. The topological polar surface area (TPSA) is 110 Å². The highest BCUT2D eigenvalue weighted by molar-refractivity contribution is 7.21. The van der Waals surface area contributed by atoms with Crippen molar-refractivity contribution in [3.63, 3.8) is 0 Å². The van der Waals surface area contributed by atoms with Gasteiger partial charge < -0.3 is 16.4 Å². The van der Waals surface area contributed by atoms with E-state index in [2.05, 4.69) is 20.8 Å². The first-order valence-corrected chi connectivity index (χ1v) is 7.32. The fourth-order valence-corrected chi connectivity index (χ4v) is 2.72. The predicted molar refractivity (Wildman–Crippen MR) is 82.0 cm³/mol. The Morgan fingerprint density at radius 2 is 2.00 bits per heavy atom. The normalized spacial score (nSPS) is 12.4. The first kappa shape index (κ1) is 15.2. The van der Waals surface area contributed by atoms with Gasteiger partial charge in [0.25, 0.3) is 5.91 Å². The van der Waals surface area contributed by atoms with Gasteiger partial charge in [-0.25, -0.2) is 0 Å². The summed E-state index contributed by atoms with van der Waals surface area (Å²) in [6.07, 6.45) is 1.52. The molecule has 1 unspecified atom stereocenters. The van der Waals surface area contributed by atoms with E-state index in [4.69, 9.17) is 5.73 Å². The third kappa shape index (κ3) is 3.27. The van der Waals surface area contributed by atoms with Gasteiger partial charge in [0, 0.05) is 11.4 Å².